The molecule has 92 valence electrons. The molecule has 0 aromatic heterocycles. The van der Waals surface area contributed by atoms with Gasteiger partial charge < -0.3 is 4.90 Å². The number of carbonyl (C=O) groups is 1. The van der Waals surface area contributed by atoms with Crippen LogP contribution in [0.5, 0.6) is 0 Å². The summed E-state index contributed by atoms with van der Waals surface area (Å²) in [7, 11) is 0. The minimum Gasteiger partial charge on any atom is -0.312 e. The lowest BCUT2D eigenvalue weighted by Crippen LogP contribution is -2.27. The van der Waals surface area contributed by atoms with Crippen LogP contribution < -0.4 is 4.90 Å². The Bertz CT molecular complexity index is 456. The van der Waals surface area contributed by atoms with E-state index in [2.05, 4.69) is 41.9 Å². The first-order chi connectivity index (χ1) is 8.04. The van der Waals surface area contributed by atoms with Crippen molar-refractivity contribution in [2.45, 2.75) is 33.1 Å². The largest absolute Gasteiger partial charge is 0.312 e. The highest BCUT2D eigenvalue weighted by atomic mass is 79.9. The van der Waals surface area contributed by atoms with Gasteiger partial charge in [-0.05, 0) is 43.0 Å². The van der Waals surface area contributed by atoms with Crippen molar-refractivity contribution in [3.8, 4) is 0 Å². The van der Waals surface area contributed by atoms with Gasteiger partial charge in [-0.3, -0.25) is 4.79 Å². The molecule has 0 saturated carbocycles. The van der Waals surface area contributed by atoms with Gasteiger partial charge in [0.25, 0.3) is 0 Å². The lowest BCUT2D eigenvalue weighted by atomic mass is 9.93. The van der Waals surface area contributed by atoms with E-state index >= 15 is 0 Å². The van der Waals surface area contributed by atoms with Crippen molar-refractivity contribution in [3.05, 3.63) is 28.8 Å². The smallest absolute Gasteiger partial charge is 0.223 e. The quantitative estimate of drug-likeness (QED) is 0.764. The van der Waals surface area contributed by atoms with Crippen LogP contribution in [0.15, 0.2) is 12.1 Å². The van der Waals surface area contributed by atoms with E-state index in [1.165, 1.54) is 16.7 Å². The maximum atomic E-state index is 11.7. The number of hydrogen-bond acceptors (Lipinski definition) is 1. The first-order valence-electron chi connectivity index (χ1n) is 5.99. The monoisotopic (exact) mass is 295 g/mol. The lowest BCUT2D eigenvalue weighted by molar-refractivity contribution is -0.116. The first-order valence-corrected chi connectivity index (χ1v) is 7.12. The van der Waals surface area contributed by atoms with Crippen LogP contribution in [0.3, 0.4) is 0 Å². The van der Waals surface area contributed by atoms with E-state index in [0.717, 1.165) is 24.0 Å². The maximum absolute atomic E-state index is 11.7. The standard InChI is InChI=1S/C14H18BrNO/c1-9-6-10(2)14-12(4-5-15)8-16(11(3)17)13(14)7-9/h6-7,12H,4-5,8H2,1-3H3. The molecule has 0 spiro atoms. The SMILES string of the molecule is CC(=O)N1CC(CCBr)c2c(C)cc(C)cc21. The number of hydrogen-bond donors (Lipinski definition) is 0. The highest BCUT2D eigenvalue weighted by molar-refractivity contribution is 9.09. The molecule has 0 saturated heterocycles. The molecule has 0 radical (unpaired) electrons. The molecular weight excluding hydrogens is 278 g/mol. The van der Waals surface area contributed by atoms with Gasteiger partial charge in [-0.1, -0.05) is 22.0 Å². The molecule has 1 aliphatic rings. The molecule has 0 fully saturated rings. The molecule has 1 aliphatic heterocycles. The van der Waals surface area contributed by atoms with Crippen LogP contribution in [-0.4, -0.2) is 17.8 Å². The van der Waals surface area contributed by atoms with Crippen LogP contribution in [0.25, 0.3) is 0 Å². The summed E-state index contributed by atoms with van der Waals surface area (Å²) in [5.74, 6) is 0.627. The van der Waals surface area contributed by atoms with Gasteiger partial charge in [-0.25, -0.2) is 0 Å². The molecule has 2 nitrogen and oxygen atoms in total. The zero-order valence-electron chi connectivity index (χ0n) is 10.6. The highest BCUT2D eigenvalue weighted by Gasteiger charge is 2.31. The Kier molecular flexibility index (Phi) is 3.57. The molecule has 1 aromatic rings. The predicted octanol–water partition coefficient (Wildman–Crippen LogP) is 3.54. The Balaban J connectivity index is 2.50. The molecule has 0 N–H and O–H groups in total. The summed E-state index contributed by atoms with van der Waals surface area (Å²) >= 11 is 3.50. The molecule has 17 heavy (non-hydrogen) atoms. The van der Waals surface area contributed by atoms with Gasteiger partial charge >= 0.3 is 0 Å². The average Bonchev–Trinajstić information content (AvgIpc) is 2.57. The van der Waals surface area contributed by atoms with E-state index in [1.54, 1.807) is 6.92 Å². The third-order valence-corrected chi connectivity index (χ3v) is 3.91. The Morgan fingerprint density at radius 3 is 2.76 bits per heavy atom. The number of rotatable bonds is 2. The molecule has 3 heteroatoms. The van der Waals surface area contributed by atoms with Gasteiger partial charge in [0.15, 0.2) is 0 Å². The summed E-state index contributed by atoms with van der Waals surface area (Å²) in [5, 5.41) is 0.982. The van der Waals surface area contributed by atoms with Crippen LogP contribution >= 0.6 is 15.9 Å². The minimum atomic E-state index is 0.147. The molecule has 1 unspecified atom stereocenters. The molecule has 2 rings (SSSR count). The maximum Gasteiger partial charge on any atom is 0.223 e. The molecule has 1 heterocycles. The van der Waals surface area contributed by atoms with Gasteiger partial charge in [0.1, 0.15) is 0 Å². The summed E-state index contributed by atoms with van der Waals surface area (Å²) in [6, 6.07) is 4.35. The Morgan fingerprint density at radius 2 is 2.18 bits per heavy atom. The molecule has 1 amide bonds. The topological polar surface area (TPSA) is 20.3 Å². The molecule has 1 aromatic carbocycles. The van der Waals surface area contributed by atoms with E-state index in [0.29, 0.717) is 5.92 Å². The minimum absolute atomic E-state index is 0.147. The van der Waals surface area contributed by atoms with E-state index in [1.807, 2.05) is 4.90 Å². The number of nitrogens with zero attached hydrogens (tertiary/aromatic N) is 1. The van der Waals surface area contributed by atoms with E-state index in [-0.39, 0.29) is 5.91 Å². The van der Waals surface area contributed by atoms with Crippen molar-refractivity contribution in [3.63, 3.8) is 0 Å². The molecule has 0 aliphatic carbocycles. The van der Waals surface area contributed by atoms with Crippen LogP contribution in [0.4, 0.5) is 5.69 Å². The summed E-state index contributed by atoms with van der Waals surface area (Å²) in [4.78, 5) is 13.6. The van der Waals surface area contributed by atoms with Crippen molar-refractivity contribution in [1.29, 1.82) is 0 Å². The van der Waals surface area contributed by atoms with E-state index < -0.39 is 0 Å². The Morgan fingerprint density at radius 1 is 1.47 bits per heavy atom. The van der Waals surface area contributed by atoms with Crippen LogP contribution in [0.2, 0.25) is 0 Å². The Labute approximate surface area is 111 Å². The number of anilines is 1. The van der Waals surface area contributed by atoms with Gasteiger partial charge in [0.2, 0.25) is 5.91 Å². The number of fused-ring (bicyclic) bond motifs is 1. The van der Waals surface area contributed by atoms with E-state index in [4.69, 9.17) is 0 Å². The summed E-state index contributed by atoms with van der Waals surface area (Å²) in [6.45, 7) is 6.72. The first kappa shape index (κ1) is 12.6. The van der Waals surface area contributed by atoms with Crippen LogP contribution in [0, 0.1) is 13.8 Å². The third kappa shape index (κ3) is 2.25. The molecule has 0 bridgehead atoms. The number of halogens is 1. The van der Waals surface area contributed by atoms with Crippen molar-refractivity contribution < 1.29 is 4.79 Å². The normalized spacial score (nSPS) is 18.4. The fraction of sp³-hybridized carbons (Fsp3) is 0.500. The number of benzene rings is 1. The number of amides is 1. The Hall–Kier alpha value is -0.830. The summed E-state index contributed by atoms with van der Waals surface area (Å²) < 4.78 is 0. The molecular formula is C14H18BrNO. The van der Waals surface area contributed by atoms with Gasteiger partial charge in [0.05, 0.1) is 0 Å². The molecule has 1 atom stereocenters. The van der Waals surface area contributed by atoms with E-state index in [9.17, 15) is 4.79 Å². The summed E-state index contributed by atoms with van der Waals surface area (Å²) in [6.07, 6.45) is 1.08. The summed E-state index contributed by atoms with van der Waals surface area (Å²) in [5.41, 5.74) is 5.04. The van der Waals surface area contributed by atoms with Crippen molar-refractivity contribution in [1.82, 2.24) is 0 Å². The number of aryl methyl sites for hydroxylation is 2. The number of carbonyl (C=O) groups excluding carboxylic acids is 1. The average molecular weight is 296 g/mol. The highest BCUT2D eigenvalue weighted by Crippen LogP contribution is 2.41. The van der Waals surface area contributed by atoms with Gasteiger partial charge in [-0.2, -0.15) is 0 Å². The second kappa shape index (κ2) is 4.81. The second-order valence-corrected chi connectivity index (χ2v) is 5.61. The predicted molar refractivity (Wildman–Crippen MR) is 75.1 cm³/mol. The van der Waals surface area contributed by atoms with Gasteiger partial charge in [-0.15, -0.1) is 0 Å². The number of alkyl halides is 1. The van der Waals surface area contributed by atoms with Crippen molar-refractivity contribution in [2.24, 2.45) is 0 Å². The second-order valence-electron chi connectivity index (χ2n) is 4.82. The van der Waals surface area contributed by atoms with Crippen LogP contribution in [0.1, 0.15) is 36.0 Å². The lowest BCUT2D eigenvalue weighted by Gasteiger charge is -2.15. The van der Waals surface area contributed by atoms with Crippen molar-refractivity contribution >= 4 is 27.5 Å². The van der Waals surface area contributed by atoms with Crippen LogP contribution in [-0.2, 0) is 4.79 Å². The zero-order chi connectivity index (χ0) is 12.6. The fourth-order valence-electron chi connectivity index (χ4n) is 2.79. The fourth-order valence-corrected chi connectivity index (χ4v) is 3.34. The van der Waals surface area contributed by atoms with Crippen molar-refractivity contribution in [2.75, 3.05) is 16.8 Å². The third-order valence-electron chi connectivity index (χ3n) is 3.45. The van der Waals surface area contributed by atoms with Gasteiger partial charge in [0, 0.05) is 30.4 Å². The zero-order valence-corrected chi connectivity index (χ0v) is 12.2.